The fraction of sp³-hybridized carbons (Fsp3) is 0.636. The molecule has 1 aliphatic carbocycles. The smallest absolute Gasteiger partial charge is 0.407 e. The van der Waals surface area contributed by atoms with Crippen LogP contribution < -0.4 is 10.1 Å². The van der Waals surface area contributed by atoms with Crippen LogP contribution in [0.1, 0.15) is 31.2 Å². The third-order valence-electron chi connectivity index (χ3n) is 6.30. The second-order valence-corrected chi connectivity index (χ2v) is 8.52. The first-order valence-electron chi connectivity index (χ1n) is 10.6. The van der Waals surface area contributed by atoms with Crippen molar-refractivity contribution in [1.29, 1.82) is 5.26 Å². The number of piperazine rings is 1. The van der Waals surface area contributed by atoms with Gasteiger partial charge >= 0.3 is 6.09 Å². The van der Waals surface area contributed by atoms with Gasteiger partial charge in [0.2, 0.25) is 0 Å². The molecule has 4 rings (SSSR count). The molecule has 0 aromatic heterocycles. The van der Waals surface area contributed by atoms with Gasteiger partial charge < -0.3 is 14.8 Å². The first kappa shape index (κ1) is 20.0. The molecule has 1 N–H and O–H groups in total. The number of fused-ring (bicyclic) bond motifs is 2. The van der Waals surface area contributed by atoms with Gasteiger partial charge in [0.25, 0.3) is 0 Å². The van der Waals surface area contributed by atoms with Gasteiger partial charge in [0.05, 0.1) is 24.8 Å². The molecule has 2 bridgehead atoms. The number of amides is 1. The van der Waals surface area contributed by atoms with E-state index in [2.05, 4.69) is 21.2 Å². The van der Waals surface area contributed by atoms with Crippen LogP contribution in [0.4, 0.5) is 4.79 Å². The molecule has 1 aromatic carbocycles. The lowest BCUT2D eigenvalue weighted by molar-refractivity contribution is 0.0507. The van der Waals surface area contributed by atoms with E-state index in [1.54, 1.807) is 24.3 Å². The third-order valence-corrected chi connectivity index (χ3v) is 6.30. The Labute approximate surface area is 172 Å². The number of carbonyl (C=O) groups is 1. The zero-order valence-corrected chi connectivity index (χ0v) is 17.0. The molecule has 29 heavy (non-hydrogen) atoms. The van der Waals surface area contributed by atoms with Crippen molar-refractivity contribution in [3.8, 4) is 11.8 Å². The molecule has 156 valence electrons. The zero-order valence-electron chi connectivity index (χ0n) is 17.0. The van der Waals surface area contributed by atoms with Gasteiger partial charge in [0.1, 0.15) is 12.4 Å². The van der Waals surface area contributed by atoms with Gasteiger partial charge in [-0.15, -0.1) is 0 Å². The van der Waals surface area contributed by atoms with Crippen molar-refractivity contribution in [3.05, 3.63) is 29.8 Å². The third kappa shape index (κ3) is 5.20. The minimum absolute atomic E-state index is 0.156. The van der Waals surface area contributed by atoms with Crippen molar-refractivity contribution >= 4 is 6.09 Å². The van der Waals surface area contributed by atoms with E-state index >= 15 is 0 Å². The lowest BCUT2D eigenvalue weighted by atomic mass is 10.1. The molecule has 2 heterocycles. The van der Waals surface area contributed by atoms with Crippen LogP contribution in [0.3, 0.4) is 0 Å². The molecule has 3 fully saturated rings. The van der Waals surface area contributed by atoms with Crippen molar-refractivity contribution in [3.63, 3.8) is 0 Å². The number of carbonyl (C=O) groups excluding carboxylic acids is 1. The summed E-state index contributed by atoms with van der Waals surface area (Å²) in [5.74, 6) is 1.62. The summed E-state index contributed by atoms with van der Waals surface area (Å²) < 4.78 is 10.7. The molecular weight excluding hydrogens is 368 g/mol. The van der Waals surface area contributed by atoms with E-state index in [0.717, 1.165) is 25.6 Å². The number of alkyl carbamates (subject to hydrolysis) is 1. The summed E-state index contributed by atoms with van der Waals surface area (Å²) in [4.78, 5) is 17.1. The average Bonchev–Trinajstić information content (AvgIpc) is 3.52. The molecule has 1 amide bonds. The maximum absolute atomic E-state index is 11.9. The average molecular weight is 399 g/mol. The van der Waals surface area contributed by atoms with Crippen LogP contribution >= 0.6 is 0 Å². The van der Waals surface area contributed by atoms with Gasteiger partial charge in [-0.05, 0) is 55.9 Å². The maximum atomic E-state index is 11.9. The topological polar surface area (TPSA) is 77.8 Å². The fourth-order valence-electron chi connectivity index (χ4n) is 4.63. The summed E-state index contributed by atoms with van der Waals surface area (Å²) in [6, 6.07) is 10.1. The number of hydrogen-bond donors (Lipinski definition) is 1. The van der Waals surface area contributed by atoms with Crippen LogP contribution in [0.5, 0.6) is 5.75 Å². The van der Waals surface area contributed by atoms with E-state index in [1.807, 2.05) is 0 Å². The predicted octanol–water partition coefficient (Wildman–Crippen LogP) is 2.22. The Morgan fingerprint density at radius 3 is 2.48 bits per heavy atom. The van der Waals surface area contributed by atoms with Crippen molar-refractivity contribution in [2.24, 2.45) is 5.92 Å². The summed E-state index contributed by atoms with van der Waals surface area (Å²) in [5.41, 5.74) is 0.599. The first-order chi connectivity index (χ1) is 14.1. The number of ether oxygens (including phenoxy) is 2. The summed E-state index contributed by atoms with van der Waals surface area (Å²) in [6.45, 7) is 4.65. The predicted molar refractivity (Wildman–Crippen MR) is 109 cm³/mol. The molecule has 2 aliphatic heterocycles. The number of nitriles is 1. The van der Waals surface area contributed by atoms with Crippen LogP contribution in [0, 0.1) is 17.2 Å². The van der Waals surface area contributed by atoms with Gasteiger partial charge in [-0.25, -0.2) is 4.79 Å². The van der Waals surface area contributed by atoms with Gasteiger partial charge in [-0.1, -0.05) is 0 Å². The fourth-order valence-corrected chi connectivity index (χ4v) is 4.63. The summed E-state index contributed by atoms with van der Waals surface area (Å²) >= 11 is 0. The lowest BCUT2D eigenvalue weighted by Gasteiger charge is -2.42. The van der Waals surface area contributed by atoms with Gasteiger partial charge in [-0.2, -0.15) is 5.26 Å². The number of rotatable bonds is 8. The van der Waals surface area contributed by atoms with Crippen LogP contribution in [-0.4, -0.2) is 73.9 Å². The number of methoxy groups -OCH3 is 1. The number of likely N-dealkylation sites (tertiary alicyclic amines) is 1. The molecule has 2 saturated heterocycles. The second-order valence-electron chi connectivity index (χ2n) is 8.52. The summed E-state index contributed by atoms with van der Waals surface area (Å²) in [6.07, 6.45) is 4.82. The Morgan fingerprint density at radius 2 is 1.90 bits per heavy atom. The van der Waals surface area contributed by atoms with Gasteiger partial charge in [0, 0.05) is 38.3 Å². The quantitative estimate of drug-likeness (QED) is 0.724. The normalized spacial score (nSPS) is 25.2. The van der Waals surface area contributed by atoms with E-state index in [0.29, 0.717) is 30.0 Å². The molecule has 7 heteroatoms. The first-order valence-corrected chi connectivity index (χ1v) is 10.6. The van der Waals surface area contributed by atoms with E-state index in [-0.39, 0.29) is 6.04 Å². The minimum atomic E-state index is -0.432. The van der Waals surface area contributed by atoms with Crippen LogP contribution in [0.15, 0.2) is 24.3 Å². The van der Waals surface area contributed by atoms with Crippen molar-refractivity contribution in [1.82, 2.24) is 15.1 Å². The molecule has 2 unspecified atom stereocenters. The molecule has 3 aliphatic rings. The maximum Gasteiger partial charge on any atom is 0.407 e. The molecule has 0 radical (unpaired) electrons. The molecule has 1 saturated carbocycles. The highest BCUT2D eigenvalue weighted by molar-refractivity contribution is 5.67. The van der Waals surface area contributed by atoms with Gasteiger partial charge in [-0.3, -0.25) is 9.80 Å². The summed E-state index contributed by atoms with van der Waals surface area (Å²) in [7, 11) is 1.38. The molecule has 1 aromatic rings. The molecular formula is C22H30N4O3. The van der Waals surface area contributed by atoms with E-state index < -0.39 is 6.09 Å². The SMILES string of the molecule is COC(=O)N[C@H](COc1ccc(C#N)cc1)CN1C2CCC1CN(CC1CC1)C2. The highest BCUT2D eigenvalue weighted by Gasteiger charge is 2.41. The largest absolute Gasteiger partial charge is 0.491 e. The lowest BCUT2D eigenvalue weighted by Crippen LogP contribution is -2.58. The summed E-state index contributed by atoms with van der Waals surface area (Å²) in [5, 5.41) is 11.9. The number of nitrogens with zero attached hydrogens (tertiary/aromatic N) is 3. The Bertz CT molecular complexity index is 729. The highest BCUT2D eigenvalue weighted by Crippen LogP contribution is 2.34. The number of hydrogen-bond acceptors (Lipinski definition) is 6. The van der Waals surface area contributed by atoms with Crippen molar-refractivity contribution in [2.75, 3.05) is 39.9 Å². The van der Waals surface area contributed by atoms with Gasteiger partial charge in [0.15, 0.2) is 0 Å². The van der Waals surface area contributed by atoms with Crippen LogP contribution in [0.2, 0.25) is 0 Å². The number of benzene rings is 1. The molecule has 7 nitrogen and oxygen atoms in total. The minimum Gasteiger partial charge on any atom is -0.491 e. The van der Waals surface area contributed by atoms with E-state index in [4.69, 9.17) is 14.7 Å². The Kier molecular flexibility index (Phi) is 6.22. The van der Waals surface area contributed by atoms with Crippen LogP contribution in [0.25, 0.3) is 0 Å². The zero-order chi connectivity index (χ0) is 20.2. The monoisotopic (exact) mass is 398 g/mol. The second kappa shape index (κ2) is 9.02. The Balaban J connectivity index is 1.35. The molecule has 3 atom stereocenters. The van der Waals surface area contributed by atoms with Crippen molar-refractivity contribution < 1.29 is 14.3 Å². The Hall–Kier alpha value is -2.30. The van der Waals surface area contributed by atoms with E-state index in [1.165, 1.54) is 39.3 Å². The number of nitrogens with one attached hydrogen (secondary N) is 1. The van der Waals surface area contributed by atoms with Crippen LogP contribution in [-0.2, 0) is 4.74 Å². The highest BCUT2D eigenvalue weighted by atomic mass is 16.5. The standard InChI is InChI=1S/C22H30N4O3/c1-28-22(27)24-18(15-29-21-8-4-16(10-23)5-9-21)12-26-19-6-7-20(26)14-25(13-19)11-17-2-3-17/h4-5,8-9,17-20H,2-3,6-7,11-15H2,1H3,(H,24,27)/t18-,19?,20?/m0/s1. The van der Waals surface area contributed by atoms with Crippen molar-refractivity contribution in [2.45, 2.75) is 43.8 Å². The Morgan fingerprint density at radius 1 is 1.21 bits per heavy atom. The van der Waals surface area contributed by atoms with E-state index in [9.17, 15) is 4.79 Å². The molecule has 0 spiro atoms.